The Morgan fingerprint density at radius 1 is 1.06 bits per heavy atom. The van der Waals surface area contributed by atoms with Crippen molar-refractivity contribution < 1.29 is 18.0 Å². The Morgan fingerprint density at radius 2 is 1.74 bits per heavy atom. The van der Waals surface area contributed by atoms with Crippen LogP contribution in [-0.4, -0.2) is 32.3 Å². The van der Waals surface area contributed by atoms with Crippen molar-refractivity contribution in [1.82, 2.24) is 4.72 Å². The van der Waals surface area contributed by atoms with Crippen LogP contribution in [0.25, 0.3) is 0 Å². The van der Waals surface area contributed by atoms with Gasteiger partial charge in [0, 0.05) is 24.2 Å². The molecule has 1 atom stereocenters. The highest BCUT2D eigenvalue weighted by Gasteiger charge is 2.36. The van der Waals surface area contributed by atoms with Gasteiger partial charge < -0.3 is 10.2 Å². The molecule has 31 heavy (non-hydrogen) atoms. The molecule has 0 spiro atoms. The smallest absolute Gasteiger partial charge is 0.243 e. The average molecular weight is 444 g/mol. The summed E-state index contributed by atoms with van der Waals surface area (Å²) in [5.41, 5.74) is 2.41. The summed E-state index contributed by atoms with van der Waals surface area (Å²) in [4.78, 5) is 27.2. The molecule has 2 N–H and O–H groups in total. The number of carbonyl (C=O) groups excluding carboxylic acids is 2. The minimum Gasteiger partial charge on any atom is -0.325 e. The highest BCUT2D eigenvalue weighted by atomic mass is 32.2. The molecule has 3 rings (SSSR count). The van der Waals surface area contributed by atoms with Gasteiger partial charge in [0.1, 0.15) is 4.90 Å². The van der Waals surface area contributed by atoms with E-state index in [0.29, 0.717) is 0 Å². The molecule has 1 aliphatic rings. The van der Waals surface area contributed by atoms with Gasteiger partial charge in [-0.2, -0.15) is 0 Å². The Balaban J connectivity index is 1.81. The number of anilines is 2. The molecule has 0 aromatic heterocycles. The van der Waals surface area contributed by atoms with Crippen LogP contribution in [0.5, 0.6) is 0 Å². The molecular formula is C23H29N3O4S. The third-order valence-corrected chi connectivity index (χ3v) is 7.05. The number of rotatable bonds is 5. The van der Waals surface area contributed by atoms with Crippen LogP contribution >= 0.6 is 0 Å². The highest BCUT2D eigenvalue weighted by molar-refractivity contribution is 7.89. The Hall–Kier alpha value is -2.71. The number of carbonyl (C=O) groups is 2. The number of benzene rings is 2. The summed E-state index contributed by atoms with van der Waals surface area (Å²) in [7, 11) is -3.83. The van der Waals surface area contributed by atoms with E-state index in [-0.39, 0.29) is 35.4 Å². The van der Waals surface area contributed by atoms with Gasteiger partial charge >= 0.3 is 0 Å². The first-order chi connectivity index (χ1) is 14.4. The summed E-state index contributed by atoms with van der Waals surface area (Å²) >= 11 is 0. The van der Waals surface area contributed by atoms with Gasteiger partial charge in [0.25, 0.3) is 0 Å². The molecule has 0 saturated carbocycles. The van der Waals surface area contributed by atoms with E-state index in [2.05, 4.69) is 10.0 Å². The topological polar surface area (TPSA) is 95.6 Å². The van der Waals surface area contributed by atoms with Gasteiger partial charge in [-0.25, -0.2) is 13.1 Å². The summed E-state index contributed by atoms with van der Waals surface area (Å²) in [6.07, 6.45) is 0.0778. The van der Waals surface area contributed by atoms with Crippen molar-refractivity contribution in [2.24, 2.45) is 5.92 Å². The third-order valence-electron chi connectivity index (χ3n) is 5.24. The SMILES string of the molecule is Cc1cccc(N2CC(C(=O)Nc3ccccc3S(=O)(=O)NC(C)(C)C)CC2=O)c1C. The second-order valence-electron chi connectivity index (χ2n) is 8.97. The summed E-state index contributed by atoms with van der Waals surface area (Å²) in [5.74, 6) is -1.07. The summed E-state index contributed by atoms with van der Waals surface area (Å²) in [6.45, 7) is 9.43. The van der Waals surface area contributed by atoms with E-state index >= 15 is 0 Å². The van der Waals surface area contributed by atoms with E-state index in [0.717, 1.165) is 16.8 Å². The first kappa shape index (κ1) is 23.0. The van der Waals surface area contributed by atoms with Gasteiger partial charge in [0.15, 0.2) is 0 Å². The lowest BCUT2D eigenvalue weighted by molar-refractivity contribution is -0.122. The van der Waals surface area contributed by atoms with Gasteiger partial charge in [-0.05, 0) is 63.9 Å². The Bertz CT molecular complexity index is 1120. The molecule has 8 heteroatoms. The lowest BCUT2D eigenvalue weighted by Crippen LogP contribution is -2.40. The van der Waals surface area contributed by atoms with Crippen LogP contribution in [0.4, 0.5) is 11.4 Å². The van der Waals surface area contributed by atoms with E-state index < -0.39 is 21.5 Å². The van der Waals surface area contributed by atoms with E-state index in [9.17, 15) is 18.0 Å². The molecule has 1 unspecified atom stereocenters. The van der Waals surface area contributed by atoms with Gasteiger partial charge in [-0.1, -0.05) is 24.3 Å². The first-order valence-corrected chi connectivity index (χ1v) is 11.7. The number of amides is 2. The van der Waals surface area contributed by atoms with Crippen LogP contribution in [0.1, 0.15) is 38.3 Å². The zero-order valence-electron chi connectivity index (χ0n) is 18.5. The summed E-state index contributed by atoms with van der Waals surface area (Å²) < 4.78 is 28.2. The number of aryl methyl sites for hydroxylation is 1. The van der Waals surface area contributed by atoms with Crippen molar-refractivity contribution in [3.63, 3.8) is 0 Å². The van der Waals surface area contributed by atoms with Crippen molar-refractivity contribution in [2.45, 2.75) is 51.5 Å². The zero-order chi connectivity index (χ0) is 23.0. The molecule has 1 aliphatic heterocycles. The van der Waals surface area contributed by atoms with Crippen molar-refractivity contribution in [2.75, 3.05) is 16.8 Å². The maximum absolute atomic E-state index is 12.9. The van der Waals surface area contributed by atoms with Gasteiger partial charge in [-0.15, -0.1) is 0 Å². The Labute approximate surface area is 183 Å². The maximum atomic E-state index is 12.9. The van der Waals surface area contributed by atoms with Crippen molar-refractivity contribution in [1.29, 1.82) is 0 Å². The predicted octanol–water partition coefficient (Wildman–Crippen LogP) is 3.37. The highest BCUT2D eigenvalue weighted by Crippen LogP contribution is 2.30. The number of hydrogen-bond donors (Lipinski definition) is 2. The standard InChI is InChI=1S/C23H29N3O4S/c1-15-9-8-11-19(16(15)2)26-14-17(13-21(26)27)22(28)24-18-10-6-7-12-20(18)31(29,30)25-23(3,4)5/h6-12,17,25H,13-14H2,1-5H3,(H,24,28). The maximum Gasteiger partial charge on any atom is 0.243 e. The van der Waals surface area contributed by atoms with Crippen LogP contribution in [0.15, 0.2) is 47.4 Å². The molecule has 2 amide bonds. The molecule has 2 aromatic rings. The average Bonchev–Trinajstić information content (AvgIpc) is 3.04. The van der Waals surface area contributed by atoms with Crippen LogP contribution < -0.4 is 14.9 Å². The zero-order valence-corrected chi connectivity index (χ0v) is 19.3. The van der Waals surface area contributed by atoms with E-state index in [1.807, 2.05) is 32.0 Å². The van der Waals surface area contributed by atoms with Crippen LogP contribution in [0.2, 0.25) is 0 Å². The second kappa shape index (κ2) is 8.43. The van der Waals surface area contributed by atoms with Crippen LogP contribution in [-0.2, 0) is 19.6 Å². The minimum atomic E-state index is -3.83. The second-order valence-corrected chi connectivity index (χ2v) is 10.6. The molecule has 2 aromatic carbocycles. The van der Waals surface area contributed by atoms with E-state index in [4.69, 9.17) is 0 Å². The lowest BCUT2D eigenvalue weighted by atomic mass is 10.1. The lowest BCUT2D eigenvalue weighted by Gasteiger charge is -2.22. The molecule has 0 radical (unpaired) electrons. The minimum absolute atomic E-state index is 0.00557. The van der Waals surface area contributed by atoms with Gasteiger partial charge in [0.2, 0.25) is 21.8 Å². The number of sulfonamides is 1. The fourth-order valence-electron chi connectivity index (χ4n) is 3.64. The van der Waals surface area contributed by atoms with Crippen molar-refractivity contribution in [3.05, 3.63) is 53.6 Å². The molecule has 0 aliphatic carbocycles. The normalized spacial score (nSPS) is 17.1. The van der Waals surface area contributed by atoms with Crippen molar-refractivity contribution >= 4 is 33.2 Å². The summed E-state index contributed by atoms with van der Waals surface area (Å²) in [6, 6.07) is 12.0. The molecular weight excluding hydrogens is 414 g/mol. The number of nitrogens with one attached hydrogen (secondary N) is 2. The summed E-state index contributed by atoms with van der Waals surface area (Å²) in [5, 5.41) is 2.73. The van der Waals surface area contributed by atoms with E-state index in [1.54, 1.807) is 43.9 Å². The molecule has 166 valence electrons. The fourth-order valence-corrected chi connectivity index (χ4v) is 5.22. The number of para-hydroxylation sites is 1. The largest absolute Gasteiger partial charge is 0.325 e. The van der Waals surface area contributed by atoms with Gasteiger partial charge in [-0.3, -0.25) is 9.59 Å². The molecule has 7 nitrogen and oxygen atoms in total. The molecule has 1 saturated heterocycles. The molecule has 0 bridgehead atoms. The quantitative estimate of drug-likeness (QED) is 0.741. The van der Waals surface area contributed by atoms with E-state index in [1.165, 1.54) is 6.07 Å². The monoisotopic (exact) mass is 443 g/mol. The fraction of sp³-hybridized carbons (Fsp3) is 0.391. The van der Waals surface area contributed by atoms with Crippen molar-refractivity contribution in [3.8, 4) is 0 Å². The Kier molecular flexibility index (Phi) is 6.25. The first-order valence-electron chi connectivity index (χ1n) is 10.2. The third kappa shape index (κ3) is 5.14. The molecule has 1 fully saturated rings. The number of nitrogens with zero attached hydrogens (tertiary/aromatic N) is 1. The predicted molar refractivity (Wildman–Crippen MR) is 122 cm³/mol. The Morgan fingerprint density at radius 3 is 2.42 bits per heavy atom. The number of hydrogen-bond acceptors (Lipinski definition) is 4. The van der Waals surface area contributed by atoms with Gasteiger partial charge in [0.05, 0.1) is 11.6 Å². The van der Waals surface area contributed by atoms with Crippen LogP contribution in [0.3, 0.4) is 0 Å². The van der Waals surface area contributed by atoms with Crippen LogP contribution in [0, 0.1) is 19.8 Å². The molecule has 1 heterocycles.